The van der Waals surface area contributed by atoms with Gasteiger partial charge in [0.05, 0.1) is 25.3 Å². The summed E-state index contributed by atoms with van der Waals surface area (Å²) in [5.74, 6) is 0.935. The third-order valence-corrected chi connectivity index (χ3v) is 3.72. The zero-order valence-electron chi connectivity index (χ0n) is 14.3. The molecule has 7 heteroatoms. The van der Waals surface area contributed by atoms with Crippen LogP contribution in [0.1, 0.15) is 18.1 Å². The first-order chi connectivity index (χ1) is 11.6. The number of anilines is 1. The van der Waals surface area contributed by atoms with Crippen LogP contribution in [-0.2, 0) is 17.9 Å². The third kappa shape index (κ3) is 6.72. The lowest BCUT2D eigenvalue weighted by atomic mass is 10.1. The van der Waals surface area contributed by atoms with Gasteiger partial charge in [-0.05, 0) is 36.2 Å². The Kier molecular flexibility index (Phi) is 9.62. The molecule has 0 aliphatic rings. The first-order valence-corrected chi connectivity index (χ1v) is 8.06. The molecule has 5 nitrogen and oxygen atoms in total. The van der Waals surface area contributed by atoms with Gasteiger partial charge in [-0.25, -0.2) is 4.99 Å². The molecular weight excluding hydrogens is 453 g/mol. The van der Waals surface area contributed by atoms with E-state index in [9.17, 15) is 0 Å². The Bertz CT molecular complexity index is 710. The predicted octanol–water partition coefficient (Wildman–Crippen LogP) is 4.43. The number of nitrogens with zero attached hydrogens (tertiary/aromatic N) is 1. The third-order valence-electron chi connectivity index (χ3n) is 3.42. The molecule has 0 atom stereocenters. The Morgan fingerprint density at radius 2 is 1.92 bits per heavy atom. The maximum absolute atomic E-state index is 6.10. The van der Waals surface area contributed by atoms with Crippen LogP contribution in [-0.4, -0.2) is 19.7 Å². The normalized spacial score (nSPS) is 10.9. The lowest BCUT2D eigenvalue weighted by Crippen LogP contribution is -2.22. The summed E-state index contributed by atoms with van der Waals surface area (Å²) in [6.07, 6.45) is 0. The van der Waals surface area contributed by atoms with Crippen LogP contribution < -0.4 is 15.8 Å². The molecule has 0 amide bonds. The number of methoxy groups -OCH3 is 1. The summed E-state index contributed by atoms with van der Waals surface area (Å²) in [4.78, 5) is 4.38. The van der Waals surface area contributed by atoms with Crippen molar-refractivity contribution in [3.05, 3.63) is 58.6 Å². The van der Waals surface area contributed by atoms with Crippen molar-refractivity contribution in [3.8, 4) is 5.75 Å². The van der Waals surface area contributed by atoms with Crippen LogP contribution in [0, 0.1) is 0 Å². The van der Waals surface area contributed by atoms with Gasteiger partial charge in [0.2, 0.25) is 0 Å². The molecule has 0 saturated heterocycles. The number of hydrogen-bond acceptors (Lipinski definition) is 3. The van der Waals surface area contributed by atoms with Crippen molar-refractivity contribution in [2.24, 2.45) is 10.7 Å². The molecule has 2 aromatic rings. The van der Waals surface area contributed by atoms with E-state index >= 15 is 0 Å². The van der Waals surface area contributed by atoms with Crippen LogP contribution in [0.2, 0.25) is 5.02 Å². The lowest BCUT2D eigenvalue weighted by molar-refractivity contribution is 0.133. The van der Waals surface area contributed by atoms with Crippen molar-refractivity contribution in [1.29, 1.82) is 0 Å². The van der Waals surface area contributed by atoms with Gasteiger partial charge in [-0.1, -0.05) is 35.9 Å². The van der Waals surface area contributed by atoms with Crippen LogP contribution in [0.15, 0.2) is 47.5 Å². The molecule has 2 aromatic carbocycles. The maximum atomic E-state index is 6.10. The summed E-state index contributed by atoms with van der Waals surface area (Å²) in [5, 5.41) is 3.53. The van der Waals surface area contributed by atoms with Crippen molar-refractivity contribution in [1.82, 2.24) is 0 Å². The van der Waals surface area contributed by atoms with Gasteiger partial charge in [-0.3, -0.25) is 0 Å². The fraction of sp³-hybridized carbons (Fsp3) is 0.278. The summed E-state index contributed by atoms with van der Waals surface area (Å²) >= 11 is 6.10. The highest BCUT2D eigenvalue weighted by Gasteiger charge is 2.04. The molecule has 2 rings (SSSR count). The van der Waals surface area contributed by atoms with E-state index in [2.05, 4.69) is 10.3 Å². The molecule has 0 saturated carbocycles. The van der Waals surface area contributed by atoms with Crippen LogP contribution in [0.3, 0.4) is 0 Å². The summed E-state index contributed by atoms with van der Waals surface area (Å²) in [5.41, 5.74) is 8.91. The Labute approximate surface area is 170 Å². The number of halogens is 2. The fourth-order valence-corrected chi connectivity index (χ4v) is 2.42. The Morgan fingerprint density at radius 3 is 2.56 bits per heavy atom. The van der Waals surface area contributed by atoms with Gasteiger partial charge in [0.25, 0.3) is 0 Å². The molecule has 25 heavy (non-hydrogen) atoms. The molecular formula is C18H23ClIN3O2. The van der Waals surface area contributed by atoms with E-state index in [1.54, 1.807) is 19.2 Å². The van der Waals surface area contributed by atoms with Crippen molar-refractivity contribution >= 4 is 47.2 Å². The van der Waals surface area contributed by atoms with Gasteiger partial charge in [0.15, 0.2) is 5.96 Å². The second-order valence-corrected chi connectivity index (χ2v) is 5.49. The van der Waals surface area contributed by atoms with E-state index < -0.39 is 0 Å². The number of ether oxygens (including phenoxy) is 2. The highest BCUT2D eigenvalue weighted by molar-refractivity contribution is 14.0. The highest BCUT2D eigenvalue weighted by Crippen LogP contribution is 2.27. The molecule has 0 spiro atoms. The van der Waals surface area contributed by atoms with Gasteiger partial charge in [0.1, 0.15) is 5.75 Å². The molecule has 0 unspecified atom stereocenters. The number of nitrogens with two attached hydrogens (primary N) is 1. The van der Waals surface area contributed by atoms with Crippen molar-refractivity contribution in [2.75, 3.05) is 19.0 Å². The highest BCUT2D eigenvalue weighted by atomic mass is 127. The standard InChI is InChI=1S/C18H22ClN3O2.HI/c1-3-24-12-14-7-5-4-6-13(14)11-21-18(20)22-15-8-9-17(23-2)16(19)10-15;/h4-10H,3,11-12H2,1-2H3,(H3,20,21,22);1H. The lowest BCUT2D eigenvalue weighted by Gasteiger charge is -2.10. The topological polar surface area (TPSA) is 68.9 Å². The smallest absolute Gasteiger partial charge is 0.193 e. The van der Waals surface area contributed by atoms with Crippen molar-refractivity contribution < 1.29 is 9.47 Å². The second-order valence-electron chi connectivity index (χ2n) is 5.08. The van der Waals surface area contributed by atoms with Crippen molar-refractivity contribution in [3.63, 3.8) is 0 Å². The summed E-state index contributed by atoms with van der Waals surface area (Å²) in [6.45, 7) is 3.71. The van der Waals surface area contributed by atoms with Gasteiger partial charge in [-0.2, -0.15) is 0 Å². The van der Waals surface area contributed by atoms with E-state index in [-0.39, 0.29) is 24.0 Å². The average Bonchev–Trinajstić information content (AvgIpc) is 2.59. The minimum Gasteiger partial charge on any atom is -0.495 e. The zero-order chi connectivity index (χ0) is 17.4. The predicted molar refractivity (Wildman–Crippen MR) is 114 cm³/mol. The summed E-state index contributed by atoms with van der Waals surface area (Å²) < 4.78 is 10.6. The van der Waals surface area contributed by atoms with E-state index in [4.69, 9.17) is 26.8 Å². The molecule has 0 aliphatic carbocycles. The van der Waals surface area contributed by atoms with E-state index in [1.165, 1.54) is 0 Å². The number of aliphatic imine (C=N–C) groups is 1. The Balaban J connectivity index is 0.00000312. The van der Waals surface area contributed by atoms with Crippen molar-refractivity contribution in [2.45, 2.75) is 20.1 Å². The minimum absolute atomic E-state index is 0. The van der Waals surface area contributed by atoms with Gasteiger partial charge in [-0.15, -0.1) is 24.0 Å². The van der Waals surface area contributed by atoms with Crippen LogP contribution >= 0.6 is 35.6 Å². The summed E-state index contributed by atoms with van der Waals surface area (Å²) in [7, 11) is 1.57. The number of guanidine groups is 1. The zero-order valence-corrected chi connectivity index (χ0v) is 17.4. The minimum atomic E-state index is 0. The number of benzene rings is 2. The second kappa shape index (κ2) is 11.2. The van der Waals surface area contributed by atoms with E-state index in [0.717, 1.165) is 16.8 Å². The maximum Gasteiger partial charge on any atom is 0.193 e. The molecule has 0 aliphatic heterocycles. The fourth-order valence-electron chi connectivity index (χ4n) is 2.17. The van der Waals surface area contributed by atoms with E-state index in [0.29, 0.717) is 36.5 Å². The van der Waals surface area contributed by atoms with Crippen LogP contribution in [0.5, 0.6) is 5.75 Å². The summed E-state index contributed by atoms with van der Waals surface area (Å²) in [6, 6.07) is 13.4. The van der Waals surface area contributed by atoms with Crippen LogP contribution in [0.4, 0.5) is 5.69 Å². The molecule has 3 N–H and O–H groups in total. The Morgan fingerprint density at radius 1 is 1.20 bits per heavy atom. The monoisotopic (exact) mass is 475 g/mol. The largest absolute Gasteiger partial charge is 0.495 e. The molecule has 0 heterocycles. The molecule has 0 fully saturated rings. The van der Waals surface area contributed by atoms with Gasteiger partial charge >= 0.3 is 0 Å². The van der Waals surface area contributed by atoms with E-state index in [1.807, 2.05) is 37.3 Å². The number of nitrogens with one attached hydrogen (secondary N) is 1. The molecule has 0 bridgehead atoms. The number of hydrogen-bond donors (Lipinski definition) is 2. The van der Waals surface area contributed by atoms with Crippen LogP contribution in [0.25, 0.3) is 0 Å². The Hall–Kier alpha value is -1.51. The quantitative estimate of drug-likeness (QED) is 0.353. The SMILES string of the molecule is CCOCc1ccccc1CN=C(N)Nc1ccc(OC)c(Cl)c1.I. The molecule has 136 valence electrons. The van der Waals surface area contributed by atoms with Gasteiger partial charge < -0.3 is 20.5 Å². The molecule has 0 radical (unpaired) electrons. The average molecular weight is 476 g/mol. The number of rotatable bonds is 7. The first-order valence-electron chi connectivity index (χ1n) is 7.69. The molecule has 0 aromatic heterocycles. The van der Waals surface area contributed by atoms with Gasteiger partial charge in [0, 0.05) is 12.3 Å². The first kappa shape index (κ1) is 21.5.